The van der Waals surface area contributed by atoms with E-state index in [0.717, 1.165) is 0 Å². The maximum absolute atomic E-state index is 13.6. The van der Waals surface area contributed by atoms with Gasteiger partial charge in [0.05, 0.1) is 12.1 Å². The summed E-state index contributed by atoms with van der Waals surface area (Å²) >= 11 is 4.82. The van der Waals surface area contributed by atoms with Crippen molar-refractivity contribution in [2.75, 3.05) is 25.0 Å². The number of nitrogens with zero attached hydrogens (tertiary/aromatic N) is 1. The van der Waals surface area contributed by atoms with Crippen LogP contribution in [0.15, 0.2) is 18.2 Å². The number of anilines is 1. The van der Waals surface area contributed by atoms with Crippen LogP contribution in [0.5, 0.6) is 0 Å². The maximum Gasteiger partial charge on any atom is 0.241 e. The molecule has 0 aliphatic heterocycles. The zero-order valence-electron chi connectivity index (χ0n) is 11.1. The normalized spacial score (nSPS) is 10.1. The van der Waals surface area contributed by atoms with Crippen LogP contribution >= 0.6 is 12.2 Å². The molecule has 0 aromatic heterocycles. The van der Waals surface area contributed by atoms with E-state index in [2.05, 4.69) is 5.32 Å². The predicted octanol–water partition coefficient (Wildman–Crippen LogP) is 1.74. The number of benzene rings is 1. The van der Waals surface area contributed by atoms with E-state index in [4.69, 9.17) is 18.0 Å². The quantitative estimate of drug-likeness (QED) is 0.781. The summed E-state index contributed by atoms with van der Waals surface area (Å²) in [4.78, 5) is 13.5. The molecular weight excluding hydrogens is 265 g/mol. The SMILES string of the molecule is CCN(CC)C(=O)CNc1cccc(F)c1C(N)=S. The minimum Gasteiger partial charge on any atom is -0.389 e. The summed E-state index contributed by atoms with van der Waals surface area (Å²) in [6, 6.07) is 4.47. The molecule has 0 aliphatic rings. The first-order chi connectivity index (χ1) is 9.01. The van der Waals surface area contributed by atoms with E-state index in [-0.39, 0.29) is 23.0 Å². The molecule has 0 bridgehead atoms. The Bertz CT molecular complexity index is 475. The number of thiocarbonyl (C=S) groups is 1. The molecule has 0 saturated heterocycles. The second-order valence-corrected chi connectivity index (χ2v) is 4.39. The first-order valence-corrected chi connectivity index (χ1v) is 6.52. The summed E-state index contributed by atoms with van der Waals surface area (Å²) < 4.78 is 13.6. The molecule has 19 heavy (non-hydrogen) atoms. The summed E-state index contributed by atoms with van der Waals surface area (Å²) in [7, 11) is 0. The lowest BCUT2D eigenvalue weighted by molar-refractivity contribution is -0.128. The first-order valence-electron chi connectivity index (χ1n) is 6.11. The molecule has 1 rings (SSSR count). The van der Waals surface area contributed by atoms with E-state index in [1.54, 1.807) is 17.0 Å². The Morgan fingerprint density at radius 2 is 2.05 bits per heavy atom. The van der Waals surface area contributed by atoms with E-state index in [9.17, 15) is 9.18 Å². The van der Waals surface area contributed by atoms with Crippen molar-refractivity contribution in [1.29, 1.82) is 0 Å². The minimum absolute atomic E-state index is 0.0316. The highest BCUT2D eigenvalue weighted by atomic mass is 32.1. The van der Waals surface area contributed by atoms with Crippen LogP contribution in [0.3, 0.4) is 0 Å². The highest BCUT2D eigenvalue weighted by Crippen LogP contribution is 2.18. The lowest BCUT2D eigenvalue weighted by Crippen LogP contribution is -2.35. The van der Waals surface area contributed by atoms with Crippen molar-refractivity contribution >= 4 is 28.8 Å². The molecule has 3 N–H and O–H groups in total. The van der Waals surface area contributed by atoms with Gasteiger partial charge in [0.25, 0.3) is 0 Å². The largest absolute Gasteiger partial charge is 0.389 e. The predicted molar refractivity (Wildman–Crippen MR) is 78.7 cm³/mol. The summed E-state index contributed by atoms with van der Waals surface area (Å²) in [6.45, 7) is 5.18. The van der Waals surface area contributed by atoms with Crippen molar-refractivity contribution < 1.29 is 9.18 Å². The molecule has 0 aliphatic carbocycles. The standard InChI is InChI=1S/C13H18FN3OS/c1-3-17(4-2)11(18)8-16-10-7-5-6-9(14)12(10)13(15)19/h5-7,16H,3-4,8H2,1-2H3,(H2,15,19). The Hall–Kier alpha value is -1.69. The molecule has 1 amide bonds. The van der Waals surface area contributed by atoms with Gasteiger partial charge in [0, 0.05) is 18.8 Å². The Kier molecular flexibility index (Phi) is 5.69. The number of hydrogen-bond acceptors (Lipinski definition) is 3. The Morgan fingerprint density at radius 3 is 2.58 bits per heavy atom. The smallest absolute Gasteiger partial charge is 0.241 e. The Morgan fingerprint density at radius 1 is 1.42 bits per heavy atom. The van der Waals surface area contributed by atoms with Gasteiger partial charge in [0.2, 0.25) is 5.91 Å². The molecule has 104 valence electrons. The van der Waals surface area contributed by atoms with E-state index < -0.39 is 5.82 Å². The molecule has 6 heteroatoms. The Balaban J connectivity index is 2.81. The molecule has 0 unspecified atom stereocenters. The minimum atomic E-state index is -0.493. The summed E-state index contributed by atoms with van der Waals surface area (Å²) in [6.07, 6.45) is 0. The van der Waals surface area contributed by atoms with Crippen LogP contribution in [-0.2, 0) is 4.79 Å². The molecule has 0 heterocycles. The number of likely N-dealkylation sites (N-methyl/N-ethyl adjacent to an activating group) is 1. The van der Waals surface area contributed by atoms with E-state index >= 15 is 0 Å². The van der Waals surface area contributed by atoms with E-state index in [0.29, 0.717) is 18.8 Å². The zero-order valence-corrected chi connectivity index (χ0v) is 11.9. The van der Waals surface area contributed by atoms with E-state index in [1.807, 2.05) is 13.8 Å². The van der Waals surface area contributed by atoms with Crippen LogP contribution in [-0.4, -0.2) is 35.4 Å². The van der Waals surface area contributed by atoms with Crippen molar-refractivity contribution in [3.8, 4) is 0 Å². The fourth-order valence-corrected chi connectivity index (χ4v) is 1.99. The molecular formula is C13H18FN3OS. The van der Waals surface area contributed by atoms with Crippen molar-refractivity contribution in [3.63, 3.8) is 0 Å². The number of nitrogens with one attached hydrogen (secondary N) is 1. The third kappa shape index (κ3) is 3.89. The second kappa shape index (κ2) is 7.04. The van der Waals surface area contributed by atoms with Crippen molar-refractivity contribution in [2.24, 2.45) is 5.73 Å². The van der Waals surface area contributed by atoms with Gasteiger partial charge in [0.15, 0.2) is 0 Å². The first kappa shape index (κ1) is 15.4. The van der Waals surface area contributed by atoms with Crippen LogP contribution < -0.4 is 11.1 Å². The van der Waals surface area contributed by atoms with Gasteiger partial charge in [0.1, 0.15) is 10.8 Å². The van der Waals surface area contributed by atoms with Crippen LogP contribution in [0.2, 0.25) is 0 Å². The van der Waals surface area contributed by atoms with Gasteiger partial charge in [-0.2, -0.15) is 0 Å². The third-order valence-electron chi connectivity index (χ3n) is 2.81. The molecule has 0 spiro atoms. The van der Waals surface area contributed by atoms with Gasteiger partial charge in [-0.1, -0.05) is 18.3 Å². The van der Waals surface area contributed by atoms with Crippen LogP contribution in [0.1, 0.15) is 19.4 Å². The summed E-state index contributed by atoms with van der Waals surface area (Å²) in [5.41, 5.74) is 6.07. The maximum atomic E-state index is 13.6. The number of amides is 1. The molecule has 4 nitrogen and oxygen atoms in total. The molecule has 0 saturated carbocycles. The summed E-state index contributed by atoms with van der Waals surface area (Å²) in [5.74, 6) is -0.545. The highest BCUT2D eigenvalue weighted by molar-refractivity contribution is 7.80. The van der Waals surface area contributed by atoms with Crippen LogP contribution in [0.25, 0.3) is 0 Å². The third-order valence-corrected chi connectivity index (χ3v) is 3.01. The zero-order chi connectivity index (χ0) is 14.4. The highest BCUT2D eigenvalue weighted by Gasteiger charge is 2.13. The second-order valence-electron chi connectivity index (χ2n) is 3.95. The van der Waals surface area contributed by atoms with Crippen molar-refractivity contribution in [1.82, 2.24) is 4.90 Å². The molecule has 0 atom stereocenters. The molecule has 1 aromatic carbocycles. The van der Waals surface area contributed by atoms with Gasteiger partial charge in [-0.05, 0) is 26.0 Å². The number of carbonyl (C=O) groups excluding carboxylic acids is 1. The number of hydrogen-bond donors (Lipinski definition) is 2. The van der Waals surface area contributed by atoms with Gasteiger partial charge in [-0.3, -0.25) is 4.79 Å². The van der Waals surface area contributed by atoms with E-state index in [1.165, 1.54) is 6.07 Å². The fraction of sp³-hybridized carbons (Fsp3) is 0.385. The molecule has 0 radical (unpaired) electrons. The van der Waals surface area contributed by atoms with Gasteiger partial charge >= 0.3 is 0 Å². The van der Waals surface area contributed by atoms with Gasteiger partial charge in [-0.25, -0.2) is 4.39 Å². The van der Waals surface area contributed by atoms with Crippen molar-refractivity contribution in [3.05, 3.63) is 29.6 Å². The molecule has 1 aromatic rings. The monoisotopic (exact) mass is 283 g/mol. The fourth-order valence-electron chi connectivity index (χ4n) is 1.78. The number of rotatable bonds is 6. The van der Waals surface area contributed by atoms with Crippen LogP contribution in [0.4, 0.5) is 10.1 Å². The van der Waals surface area contributed by atoms with Gasteiger partial charge < -0.3 is 16.0 Å². The van der Waals surface area contributed by atoms with Crippen LogP contribution in [0, 0.1) is 5.82 Å². The molecule has 0 fully saturated rings. The number of halogens is 1. The number of carbonyl (C=O) groups is 1. The number of nitrogens with two attached hydrogens (primary N) is 1. The average molecular weight is 283 g/mol. The lowest BCUT2D eigenvalue weighted by atomic mass is 10.1. The average Bonchev–Trinajstić information content (AvgIpc) is 2.37. The van der Waals surface area contributed by atoms with Crippen molar-refractivity contribution in [2.45, 2.75) is 13.8 Å². The van der Waals surface area contributed by atoms with Gasteiger partial charge in [-0.15, -0.1) is 0 Å². The Labute approximate surface area is 117 Å². The lowest BCUT2D eigenvalue weighted by Gasteiger charge is -2.19. The summed E-state index contributed by atoms with van der Waals surface area (Å²) in [5, 5.41) is 2.89. The topological polar surface area (TPSA) is 58.4 Å².